The largest absolute Gasteiger partial charge is 0.381 e. The molecule has 2 aliphatic heterocycles. The number of aromatic nitrogens is 1. The third-order valence-corrected chi connectivity index (χ3v) is 6.44. The summed E-state index contributed by atoms with van der Waals surface area (Å²) in [7, 11) is 0. The van der Waals surface area contributed by atoms with Crippen LogP contribution in [0.4, 0.5) is 5.13 Å². The molecule has 0 aliphatic carbocycles. The lowest BCUT2D eigenvalue weighted by molar-refractivity contribution is -0.128. The predicted octanol–water partition coefficient (Wildman–Crippen LogP) is 3.33. The number of amides is 1. The summed E-state index contributed by atoms with van der Waals surface area (Å²) in [6, 6.07) is 0.241. The number of aryl methyl sites for hydroxylation is 2. The van der Waals surface area contributed by atoms with Crippen LogP contribution in [0, 0.1) is 25.7 Å². The summed E-state index contributed by atoms with van der Waals surface area (Å²) in [6.07, 6.45) is 4.01. The van der Waals surface area contributed by atoms with E-state index in [4.69, 9.17) is 9.72 Å². The lowest BCUT2D eigenvalue weighted by atomic mass is 9.95. The molecule has 5 nitrogen and oxygen atoms in total. The molecule has 0 aromatic carbocycles. The first-order valence-corrected chi connectivity index (χ1v) is 9.97. The van der Waals surface area contributed by atoms with Crippen molar-refractivity contribution in [3.8, 4) is 0 Å². The zero-order valence-corrected chi connectivity index (χ0v) is 17.0. The standard InChI is InChI=1S/C18H29N3O2S.ClH/c1-4-5-15-10-21(18-19-12(2)13(3)24-18)11-16(15)20-17(22)14-6-8-23-9-7-14;/h14-16H,4-11H2,1-3H3,(H,20,22);1H/t15-,16-;/m0./s1. The Hall–Kier alpha value is -0.850. The van der Waals surface area contributed by atoms with E-state index < -0.39 is 0 Å². The van der Waals surface area contributed by atoms with Gasteiger partial charge in [-0.1, -0.05) is 13.3 Å². The van der Waals surface area contributed by atoms with Crippen LogP contribution in [0.3, 0.4) is 0 Å². The monoisotopic (exact) mass is 387 g/mol. The summed E-state index contributed by atoms with van der Waals surface area (Å²) in [5, 5.41) is 4.45. The van der Waals surface area contributed by atoms with Crippen LogP contribution < -0.4 is 10.2 Å². The second-order valence-corrected chi connectivity index (χ2v) is 8.28. The number of ether oxygens (including phenoxy) is 1. The quantitative estimate of drug-likeness (QED) is 0.841. The lowest BCUT2D eigenvalue weighted by Gasteiger charge is -2.25. The topological polar surface area (TPSA) is 54.5 Å². The number of rotatable bonds is 5. The Bertz CT molecular complexity index is 555. The Labute approximate surface area is 160 Å². The predicted molar refractivity (Wildman–Crippen MR) is 105 cm³/mol. The van der Waals surface area contributed by atoms with Crippen LogP contribution in [0.15, 0.2) is 0 Å². The highest BCUT2D eigenvalue weighted by Gasteiger charge is 2.36. The number of carbonyl (C=O) groups excluding carboxylic acids is 1. The zero-order valence-electron chi connectivity index (χ0n) is 15.4. The van der Waals surface area contributed by atoms with Gasteiger partial charge < -0.3 is 15.0 Å². The average molecular weight is 388 g/mol. The van der Waals surface area contributed by atoms with Crippen LogP contribution in [0.25, 0.3) is 0 Å². The second-order valence-electron chi connectivity index (χ2n) is 7.09. The number of anilines is 1. The highest BCUT2D eigenvalue weighted by atomic mass is 35.5. The molecule has 2 fully saturated rings. The van der Waals surface area contributed by atoms with E-state index >= 15 is 0 Å². The van der Waals surface area contributed by atoms with E-state index in [9.17, 15) is 4.79 Å². The maximum atomic E-state index is 12.6. The molecule has 142 valence electrons. The van der Waals surface area contributed by atoms with Crippen molar-refractivity contribution in [1.29, 1.82) is 0 Å². The van der Waals surface area contributed by atoms with Crippen molar-refractivity contribution in [1.82, 2.24) is 10.3 Å². The Balaban J connectivity index is 0.00000225. The summed E-state index contributed by atoms with van der Waals surface area (Å²) >= 11 is 1.77. The summed E-state index contributed by atoms with van der Waals surface area (Å²) in [5.74, 6) is 0.862. The number of hydrogen-bond acceptors (Lipinski definition) is 5. The molecule has 0 saturated carbocycles. The van der Waals surface area contributed by atoms with Crippen molar-refractivity contribution >= 4 is 34.8 Å². The van der Waals surface area contributed by atoms with Gasteiger partial charge >= 0.3 is 0 Å². The van der Waals surface area contributed by atoms with Crippen LogP contribution in [0.2, 0.25) is 0 Å². The van der Waals surface area contributed by atoms with Crippen molar-refractivity contribution < 1.29 is 9.53 Å². The van der Waals surface area contributed by atoms with Crippen LogP contribution >= 0.6 is 23.7 Å². The fourth-order valence-corrected chi connectivity index (χ4v) is 4.63. The maximum Gasteiger partial charge on any atom is 0.223 e. The molecule has 1 aromatic heterocycles. The van der Waals surface area contributed by atoms with Crippen LogP contribution in [0.5, 0.6) is 0 Å². The number of carbonyl (C=O) groups is 1. The molecule has 7 heteroatoms. The van der Waals surface area contributed by atoms with E-state index in [0.717, 1.165) is 49.6 Å². The molecule has 1 amide bonds. The van der Waals surface area contributed by atoms with E-state index in [1.54, 1.807) is 11.3 Å². The smallest absolute Gasteiger partial charge is 0.223 e. The highest BCUT2D eigenvalue weighted by Crippen LogP contribution is 2.31. The normalized spacial score (nSPS) is 24.2. The average Bonchev–Trinajstić information content (AvgIpc) is 3.13. The van der Waals surface area contributed by atoms with Gasteiger partial charge in [-0.15, -0.1) is 23.7 Å². The van der Waals surface area contributed by atoms with Crippen molar-refractivity contribution in [2.24, 2.45) is 11.8 Å². The molecule has 0 radical (unpaired) electrons. The zero-order chi connectivity index (χ0) is 17.1. The second kappa shape index (κ2) is 9.19. The first kappa shape index (κ1) is 20.5. The number of nitrogens with one attached hydrogen (secondary N) is 1. The van der Waals surface area contributed by atoms with Gasteiger partial charge in [0.1, 0.15) is 0 Å². The fraction of sp³-hybridized carbons (Fsp3) is 0.778. The summed E-state index contributed by atoms with van der Waals surface area (Å²) in [5.41, 5.74) is 1.12. The van der Waals surface area contributed by atoms with E-state index in [2.05, 4.69) is 31.0 Å². The van der Waals surface area contributed by atoms with Gasteiger partial charge in [-0.25, -0.2) is 4.98 Å². The minimum atomic E-state index is 0. The fourth-order valence-electron chi connectivity index (χ4n) is 3.71. The van der Waals surface area contributed by atoms with Gasteiger partial charge in [0.05, 0.1) is 11.7 Å². The molecule has 2 atom stereocenters. The van der Waals surface area contributed by atoms with E-state index in [-0.39, 0.29) is 30.3 Å². The summed E-state index contributed by atoms with van der Waals surface area (Å²) in [6.45, 7) is 9.72. The molecule has 1 aromatic rings. The number of hydrogen-bond donors (Lipinski definition) is 1. The van der Waals surface area contributed by atoms with Gasteiger partial charge in [-0.3, -0.25) is 4.79 Å². The van der Waals surface area contributed by atoms with Gasteiger partial charge in [0.15, 0.2) is 5.13 Å². The third-order valence-electron chi connectivity index (χ3n) is 5.31. The van der Waals surface area contributed by atoms with Crippen molar-refractivity contribution in [3.63, 3.8) is 0 Å². The minimum absolute atomic E-state index is 0. The molecule has 0 spiro atoms. The molecule has 1 N–H and O–H groups in total. The van der Waals surface area contributed by atoms with Crippen LogP contribution in [-0.4, -0.2) is 43.2 Å². The Morgan fingerprint density at radius 1 is 1.32 bits per heavy atom. The summed E-state index contributed by atoms with van der Waals surface area (Å²) < 4.78 is 5.37. The molecule has 3 heterocycles. The molecule has 25 heavy (non-hydrogen) atoms. The van der Waals surface area contributed by atoms with Gasteiger partial charge in [-0.05, 0) is 39.0 Å². The lowest BCUT2D eigenvalue weighted by Crippen LogP contribution is -2.44. The van der Waals surface area contributed by atoms with Crippen LogP contribution in [0.1, 0.15) is 43.2 Å². The van der Waals surface area contributed by atoms with Gasteiger partial charge in [0, 0.05) is 37.1 Å². The van der Waals surface area contributed by atoms with Crippen LogP contribution in [-0.2, 0) is 9.53 Å². The maximum absolute atomic E-state index is 12.6. The molecule has 3 rings (SSSR count). The molecule has 2 aliphatic rings. The minimum Gasteiger partial charge on any atom is -0.381 e. The Kier molecular flexibility index (Phi) is 7.52. The first-order valence-electron chi connectivity index (χ1n) is 9.15. The van der Waals surface area contributed by atoms with E-state index in [1.165, 1.54) is 4.88 Å². The van der Waals surface area contributed by atoms with E-state index in [0.29, 0.717) is 19.1 Å². The SMILES string of the molecule is CCC[C@H]1CN(c2nc(C)c(C)s2)C[C@@H]1NC(=O)C1CCOCC1.Cl. The molecule has 0 bridgehead atoms. The number of thiazole rings is 1. The molecular weight excluding hydrogens is 358 g/mol. The molecule has 2 saturated heterocycles. The van der Waals surface area contributed by atoms with E-state index in [1.807, 2.05) is 0 Å². The van der Waals surface area contributed by atoms with Crippen molar-refractivity contribution in [3.05, 3.63) is 10.6 Å². The molecular formula is C18H30ClN3O2S. The van der Waals surface area contributed by atoms with Gasteiger partial charge in [-0.2, -0.15) is 0 Å². The number of nitrogens with zero attached hydrogens (tertiary/aromatic N) is 2. The summed E-state index contributed by atoms with van der Waals surface area (Å²) in [4.78, 5) is 21.0. The van der Waals surface area contributed by atoms with Crippen molar-refractivity contribution in [2.75, 3.05) is 31.2 Å². The molecule has 0 unspecified atom stereocenters. The van der Waals surface area contributed by atoms with Crippen molar-refractivity contribution in [2.45, 2.75) is 52.5 Å². The Morgan fingerprint density at radius 3 is 2.64 bits per heavy atom. The highest BCUT2D eigenvalue weighted by molar-refractivity contribution is 7.15. The number of halogens is 1. The third kappa shape index (κ3) is 4.86. The van der Waals surface area contributed by atoms with Gasteiger partial charge in [0.25, 0.3) is 0 Å². The first-order chi connectivity index (χ1) is 11.6. The van der Waals surface area contributed by atoms with Gasteiger partial charge in [0.2, 0.25) is 5.91 Å². The Morgan fingerprint density at radius 2 is 2.04 bits per heavy atom.